The number of fused-ring (bicyclic) bond motifs is 1. The number of halogens is 1. The van der Waals surface area contributed by atoms with Gasteiger partial charge in [-0.3, -0.25) is 9.91 Å². The minimum Gasteiger partial charge on any atom is -0.465 e. The van der Waals surface area contributed by atoms with Crippen LogP contribution in [0.25, 0.3) is 0 Å². The monoisotopic (exact) mass is 362 g/mol. The van der Waals surface area contributed by atoms with Gasteiger partial charge in [0, 0.05) is 24.2 Å². The summed E-state index contributed by atoms with van der Waals surface area (Å²) in [7, 11) is 0. The molecule has 1 aromatic rings. The standard InChI is InChI=1S/C18H23FN4O3/c1-18-9-11(10-18)15(23(18)17(25)26)16(24)12-5-4-6-13(14(12)19)20-21-22-7-2-3-8-22/h4-6,11,15-16,24H,2-3,7-10H2,1H3,(H,25,26)/b21-20+/t11?,15?,16-,18?/m1/s1. The van der Waals surface area contributed by atoms with Crippen LogP contribution >= 0.6 is 0 Å². The average molecular weight is 362 g/mol. The summed E-state index contributed by atoms with van der Waals surface area (Å²) >= 11 is 0. The number of nitrogens with zero attached hydrogens (tertiary/aromatic N) is 4. The lowest BCUT2D eigenvalue weighted by Crippen LogP contribution is -2.47. The van der Waals surface area contributed by atoms with Gasteiger partial charge in [0.05, 0.1) is 6.04 Å². The summed E-state index contributed by atoms with van der Waals surface area (Å²) < 4.78 is 14.9. The van der Waals surface area contributed by atoms with Crippen LogP contribution in [0.15, 0.2) is 28.5 Å². The Morgan fingerprint density at radius 3 is 2.69 bits per heavy atom. The predicted octanol–water partition coefficient (Wildman–Crippen LogP) is 3.48. The second-order valence-corrected chi connectivity index (χ2v) is 7.78. The highest BCUT2D eigenvalue weighted by atomic mass is 19.1. The molecule has 4 fully saturated rings. The van der Waals surface area contributed by atoms with Crippen molar-refractivity contribution in [3.05, 3.63) is 29.6 Å². The lowest BCUT2D eigenvalue weighted by atomic mass is 9.72. The molecule has 0 aromatic heterocycles. The third-order valence-electron chi connectivity index (χ3n) is 5.98. The van der Waals surface area contributed by atoms with E-state index < -0.39 is 29.6 Å². The maximum absolute atomic E-state index is 14.9. The van der Waals surface area contributed by atoms with Crippen LogP contribution in [0.5, 0.6) is 0 Å². The summed E-state index contributed by atoms with van der Waals surface area (Å²) in [6, 6.07) is 3.99. The predicted molar refractivity (Wildman–Crippen MR) is 91.5 cm³/mol. The maximum Gasteiger partial charge on any atom is 0.408 e. The highest BCUT2D eigenvalue weighted by molar-refractivity contribution is 5.68. The lowest BCUT2D eigenvalue weighted by Gasteiger charge is -2.37. The third-order valence-corrected chi connectivity index (χ3v) is 5.98. The zero-order chi connectivity index (χ0) is 18.5. The van der Waals surface area contributed by atoms with Crippen molar-refractivity contribution in [1.82, 2.24) is 9.91 Å². The van der Waals surface area contributed by atoms with E-state index in [1.54, 1.807) is 11.1 Å². The molecule has 140 valence electrons. The van der Waals surface area contributed by atoms with Gasteiger partial charge in [-0.2, -0.15) is 0 Å². The Labute approximate surface area is 151 Å². The Bertz CT molecular complexity index is 744. The van der Waals surface area contributed by atoms with E-state index in [0.717, 1.165) is 25.9 Å². The molecule has 3 heterocycles. The van der Waals surface area contributed by atoms with Crippen LogP contribution in [0.4, 0.5) is 14.9 Å². The van der Waals surface area contributed by atoms with Gasteiger partial charge in [-0.15, -0.1) is 5.11 Å². The van der Waals surface area contributed by atoms with Gasteiger partial charge in [-0.1, -0.05) is 17.4 Å². The van der Waals surface area contributed by atoms with Crippen molar-refractivity contribution in [2.45, 2.75) is 50.3 Å². The maximum atomic E-state index is 14.9. The second kappa shape index (κ2) is 6.19. The van der Waals surface area contributed by atoms with Crippen molar-refractivity contribution in [2.75, 3.05) is 13.1 Å². The summed E-state index contributed by atoms with van der Waals surface area (Å²) in [5, 5.41) is 30.2. The van der Waals surface area contributed by atoms with E-state index in [9.17, 15) is 19.4 Å². The Balaban J connectivity index is 1.59. The summed E-state index contributed by atoms with van der Waals surface area (Å²) in [6.45, 7) is 3.49. The van der Waals surface area contributed by atoms with Crippen molar-refractivity contribution in [1.29, 1.82) is 0 Å². The molecule has 3 saturated heterocycles. The van der Waals surface area contributed by atoms with Gasteiger partial charge in [-0.25, -0.2) is 9.18 Å². The molecule has 2 atom stereocenters. The molecule has 26 heavy (non-hydrogen) atoms. The number of benzene rings is 1. The van der Waals surface area contributed by atoms with Crippen LogP contribution in [0, 0.1) is 11.7 Å². The number of rotatable bonds is 4. The zero-order valence-corrected chi connectivity index (χ0v) is 14.7. The van der Waals surface area contributed by atoms with E-state index in [1.807, 2.05) is 6.92 Å². The normalized spacial score (nSPS) is 31.5. The summed E-state index contributed by atoms with van der Waals surface area (Å²) in [5.74, 6) is -0.581. The van der Waals surface area contributed by atoms with Crippen LogP contribution < -0.4 is 0 Å². The van der Waals surface area contributed by atoms with Gasteiger partial charge in [0.1, 0.15) is 11.8 Å². The van der Waals surface area contributed by atoms with Gasteiger partial charge in [0.15, 0.2) is 5.82 Å². The molecular weight excluding hydrogens is 339 g/mol. The Kier molecular flexibility index (Phi) is 4.10. The Morgan fingerprint density at radius 2 is 2.04 bits per heavy atom. The van der Waals surface area contributed by atoms with E-state index in [0.29, 0.717) is 12.8 Å². The number of hydrogen-bond acceptors (Lipinski definition) is 4. The van der Waals surface area contributed by atoms with Crippen LogP contribution in [0.1, 0.15) is 44.3 Å². The fraction of sp³-hybridized carbons (Fsp3) is 0.611. The summed E-state index contributed by atoms with van der Waals surface area (Å²) in [4.78, 5) is 13.0. The molecule has 5 rings (SSSR count). The SMILES string of the molecule is CC12CC(C1)C([C@H](O)c1cccc(/N=N/N3CCCC3)c1F)N2C(=O)O. The molecule has 1 amide bonds. The van der Waals surface area contributed by atoms with Crippen molar-refractivity contribution in [3.8, 4) is 0 Å². The average Bonchev–Trinajstić information content (AvgIpc) is 3.25. The first-order chi connectivity index (χ1) is 12.4. The summed E-state index contributed by atoms with van der Waals surface area (Å²) in [6.07, 6.45) is 1.22. The smallest absolute Gasteiger partial charge is 0.408 e. The Morgan fingerprint density at radius 1 is 1.35 bits per heavy atom. The zero-order valence-electron chi connectivity index (χ0n) is 14.7. The highest BCUT2D eigenvalue weighted by Gasteiger charge is 2.63. The summed E-state index contributed by atoms with van der Waals surface area (Å²) in [5.41, 5.74) is -0.312. The number of carbonyl (C=O) groups is 1. The number of aliphatic hydroxyl groups is 1. The number of aliphatic hydroxyl groups excluding tert-OH is 1. The van der Waals surface area contributed by atoms with Crippen molar-refractivity contribution >= 4 is 11.8 Å². The van der Waals surface area contributed by atoms with E-state index in [-0.39, 0.29) is 17.2 Å². The van der Waals surface area contributed by atoms with Crippen LogP contribution in [-0.4, -0.2) is 50.9 Å². The molecule has 1 aliphatic carbocycles. The van der Waals surface area contributed by atoms with E-state index in [1.165, 1.54) is 17.0 Å². The van der Waals surface area contributed by atoms with Gasteiger partial charge in [-0.05, 0) is 44.6 Å². The van der Waals surface area contributed by atoms with Crippen LogP contribution in [0.3, 0.4) is 0 Å². The molecule has 0 radical (unpaired) electrons. The first-order valence-corrected chi connectivity index (χ1v) is 9.06. The number of carboxylic acid groups (broad SMARTS) is 1. The molecule has 4 aliphatic rings. The fourth-order valence-corrected chi connectivity index (χ4v) is 4.76. The van der Waals surface area contributed by atoms with Gasteiger partial charge in [0.2, 0.25) is 0 Å². The minimum absolute atomic E-state index is 0.0559. The van der Waals surface area contributed by atoms with Crippen molar-refractivity contribution in [3.63, 3.8) is 0 Å². The third kappa shape index (κ3) is 2.63. The first kappa shape index (κ1) is 17.2. The number of hydrogen-bond donors (Lipinski definition) is 2. The molecule has 0 spiro atoms. The quantitative estimate of drug-likeness (QED) is 0.803. The van der Waals surface area contributed by atoms with E-state index in [4.69, 9.17) is 0 Å². The van der Waals surface area contributed by atoms with Gasteiger partial charge >= 0.3 is 6.09 Å². The fourth-order valence-electron chi connectivity index (χ4n) is 4.76. The van der Waals surface area contributed by atoms with Crippen molar-refractivity contribution < 1.29 is 19.4 Å². The van der Waals surface area contributed by atoms with Crippen LogP contribution in [-0.2, 0) is 0 Å². The largest absolute Gasteiger partial charge is 0.465 e. The van der Waals surface area contributed by atoms with E-state index in [2.05, 4.69) is 10.3 Å². The number of amides is 1. The molecule has 7 nitrogen and oxygen atoms in total. The van der Waals surface area contributed by atoms with Gasteiger partial charge in [0.25, 0.3) is 0 Å². The minimum atomic E-state index is -1.22. The first-order valence-electron chi connectivity index (χ1n) is 9.06. The molecule has 8 heteroatoms. The molecule has 3 aliphatic heterocycles. The van der Waals surface area contributed by atoms with Crippen LogP contribution in [0.2, 0.25) is 0 Å². The Hall–Kier alpha value is -2.22. The van der Waals surface area contributed by atoms with E-state index >= 15 is 0 Å². The molecule has 1 aromatic carbocycles. The lowest BCUT2D eigenvalue weighted by molar-refractivity contribution is 0.0499. The molecule has 1 unspecified atom stereocenters. The highest BCUT2D eigenvalue weighted by Crippen LogP contribution is 2.57. The van der Waals surface area contributed by atoms with Crippen molar-refractivity contribution in [2.24, 2.45) is 16.3 Å². The molecule has 2 N–H and O–H groups in total. The molecular formula is C18H23FN4O3. The van der Waals surface area contributed by atoms with Gasteiger partial charge < -0.3 is 10.2 Å². The molecule has 1 saturated carbocycles. The molecule has 2 bridgehead atoms. The topological polar surface area (TPSA) is 88.7 Å². The second-order valence-electron chi connectivity index (χ2n) is 7.78.